The van der Waals surface area contributed by atoms with Crippen LogP contribution < -0.4 is 5.32 Å². The summed E-state index contributed by atoms with van der Waals surface area (Å²) in [6, 6.07) is 0.371. The van der Waals surface area contributed by atoms with Crippen LogP contribution >= 0.6 is 0 Å². The zero-order chi connectivity index (χ0) is 13.2. The molecule has 1 N–H and O–H groups in total. The molecular formula is C14H28N2O. The molecule has 0 aliphatic carbocycles. The summed E-state index contributed by atoms with van der Waals surface area (Å²) >= 11 is 0. The van der Waals surface area contributed by atoms with Crippen LogP contribution in [0.5, 0.6) is 0 Å². The van der Waals surface area contributed by atoms with E-state index in [4.69, 9.17) is 0 Å². The zero-order valence-corrected chi connectivity index (χ0v) is 12.2. The number of nitrogens with zero attached hydrogens (tertiary/aromatic N) is 1. The Morgan fingerprint density at radius 1 is 1.29 bits per heavy atom. The molecule has 1 fully saturated rings. The lowest BCUT2D eigenvalue weighted by Crippen LogP contribution is -2.47. The molecular weight excluding hydrogens is 212 g/mol. The number of amides is 1. The first kappa shape index (κ1) is 14.5. The fourth-order valence-corrected chi connectivity index (χ4v) is 2.69. The molecule has 1 aliphatic heterocycles. The van der Waals surface area contributed by atoms with E-state index in [1.807, 2.05) is 6.92 Å². The molecule has 0 bridgehead atoms. The van der Waals surface area contributed by atoms with Crippen molar-refractivity contribution in [2.24, 2.45) is 5.92 Å². The Kier molecular flexibility index (Phi) is 4.59. The standard InChI is InChI=1S/C14H28N2O/c1-7-11(8-2)16-12(10(4)5)15-14(6,9-3)13(16)17/h10-12,15H,7-9H2,1-6H3. The maximum atomic E-state index is 12.6. The topological polar surface area (TPSA) is 32.3 Å². The van der Waals surface area contributed by atoms with Crippen molar-refractivity contribution in [3.8, 4) is 0 Å². The molecule has 2 atom stereocenters. The second-order valence-electron chi connectivity index (χ2n) is 5.70. The highest BCUT2D eigenvalue weighted by atomic mass is 16.2. The number of nitrogens with one attached hydrogen (secondary N) is 1. The summed E-state index contributed by atoms with van der Waals surface area (Å²) in [5.74, 6) is 0.736. The highest BCUT2D eigenvalue weighted by Crippen LogP contribution is 2.30. The van der Waals surface area contributed by atoms with Gasteiger partial charge in [-0.2, -0.15) is 0 Å². The van der Waals surface area contributed by atoms with Crippen LogP contribution in [0.25, 0.3) is 0 Å². The second-order valence-corrected chi connectivity index (χ2v) is 5.70. The summed E-state index contributed by atoms with van der Waals surface area (Å²) in [5.41, 5.74) is -0.364. The molecule has 3 heteroatoms. The van der Waals surface area contributed by atoms with Crippen molar-refractivity contribution < 1.29 is 4.79 Å². The molecule has 0 saturated carbocycles. The van der Waals surface area contributed by atoms with Crippen molar-refractivity contribution in [3.63, 3.8) is 0 Å². The highest BCUT2D eigenvalue weighted by Gasteiger charge is 2.49. The SMILES string of the molecule is CCC(CC)N1C(=O)C(C)(CC)NC1C(C)C. The van der Waals surface area contributed by atoms with E-state index in [9.17, 15) is 4.79 Å². The van der Waals surface area contributed by atoms with Crippen molar-refractivity contribution in [3.05, 3.63) is 0 Å². The molecule has 0 aromatic carbocycles. The summed E-state index contributed by atoms with van der Waals surface area (Å²) in [4.78, 5) is 14.7. The van der Waals surface area contributed by atoms with Gasteiger partial charge in [0.1, 0.15) is 0 Å². The molecule has 100 valence electrons. The maximum absolute atomic E-state index is 12.6. The number of hydrogen-bond acceptors (Lipinski definition) is 2. The fraction of sp³-hybridized carbons (Fsp3) is 0.929. The monoisotopic (exact) mass is 240 g/mol. The number of rotatable bonds is 5. The summed E-state index contributed by atoms with van der Waals surface area (Å²) in [5, 5.41) is 3.54. The maximum Gasteiger partial charge on any atom is 0.244 e. The van der Waals surface area contributed by atoms with Crippen molar-refractivity contribution in [1.29, 1.82) is 0 Å². The molecule has 0 aromatic heterocycles. The molecule has 1 aliphatic rings. The molecule has 1 amide bonds. The van der Waals surface area contributed by atoms with Gasteiger partial charge in [0.2, 0.25) is 5.91 Å². The quantitative estimate of drug-likeness (QED) is 0.801. The lowest BCUT2D eigenvalue weighted by atomic mass is 9.98. The predicted molar refractivity (Wildman–Crippen MR) is 71.7 cm³/mol. The Morgan fingerprint density at radius 3 is 2.18 bits per heavy atom. The third-order valence-electron chi connectivity index (χ3n) is 4.15. The van der Waals surface area contributed by atoms with E-state index < -0.39 is 0 Å². The van der Waals surface area contributed by atoms with Gasteiger partial charge in [-0.1, -0.05) is 34.6 Å². The van der Waals surface area contributed by atoms with Gasteiger partial charge in [-0.3, -0.25) is 10.1 Å². The normalized spacial score (nSPS) is 29.8. The molecule has 2 unspecified atom stereocenters. The van der Waals surface area contributed by atoms with Crippen LogP contribution in [0.3, 0.4) is 0 Å². The van der Waals surface area contributed by atoms with Gasteiger partial charge in [-0.25, -0.2) is 0 Å². The first-order chi connectivity index (χ1) is 7.91. The number of hydrogen-bond donors (Lipinski definition) is 1. The van der Waals surface area contributed by atoms with Gasteiger partial charge < -0.3 is 4.90 Å². The molecule has 1 saturated heterocycles. The van der Waals surface area contributed by atoms with Crippen LogP contribution in [0.15, 0.2) is 0 Å². The third-order valence-corrected chi connectivity index (χ3v) is 4.15. The van der Waals surface area contributed by atoms with Crippen molar-refractivity contribution >= 4 is 5.91 Å². The molecule has 0 spiro atoms. The van der Waals surface area contributed by atoms with Crippen LogP contribution in [0.2, 0.25) is 0 Å². The molecule has 1 heterocycles. The molecule has 3 nitrogen and oxygen atoms in total. The van der Waals surface area contributed by atoms with E-state index in [0.29, 0.717) is 12.0 Å². The average Bonchev–Trinajstić information content (AvgIpc) is 2.57. The molecule has 0 radical (unpaired) electrons. The van der Waals surface area contributed by atoms with Crippen LogP contribution in [0, 0.1) is 5.92 Å². The Morgan fingerprint density at radius 2 is 1.82 bits per heavy atom. The predicted octanol–water partition coefficient (Wildman–Crippen LogP) is 2.76. The Bertz CT molecular complexity index is 273. The minimum atomic E-state index is -0.364. The first-order valence-corrected chi connectivity index (χ1v) is 7.01. The van der Waals surface area contributed by atoms with E-state index >= 15 is 0 Å². The largest absolute Gasteiger partial charge is 0.322 e. The Hall–Kier alpha value is -0.570. The van der Waals surface area contributed by atoms with Gasteiger partial charge in [-0.15, -0.1) is 0 Å². The van der Waals surface area contributed by atoms with Crippen molar-refractivity contribution in [2.75, 3.05) is 0 Å². The van der Waals surface area contributed by atoms with E-state index in [2.05, 4.69) is 44.8 Å². The van der Waals surface area contributed by atoms with Crippen LogP contribution in [0.4, 0.5) is 0 Å². The van der Waals surface area contributed by atoms with E-state index in [0.717, 1.165) is 19.3 Å². The van der Waals surface area contributed by atoms with Gasteiger partial charge in [0.05, 0.1) is 11.7 Å². The molecule has 17 heavy (non-hydrogen) atoms. The summed E-state index contributed by atoms with van der Waals surface area (Å²) in [7, 11) is 0. The van der Waals surface area contributed by atoms with Crippen molar-refractivity contribution in [2.45, 2.75) is 78.6 Å². The van der Waals surface area contributed by atoms with Gasteiger partial charge in [0.25, 0.3) is 0 Å². The second kappa shape index (κ2) is 5.38. The van der Waals surface area contributed by atoms with E-state index in [-0.39, 0.29) is 17.6 Å². The highest BCUT2D eigenvalue weighted by molar-refractivity contribution is 5.88. The van der Waals surface area contributed by atoms with Crippen LogP contribution in [-0.2, 0) is 4.79 Å². The molecule has 0 aromatic rings. The Labute approximate surface area is 106 Å². The average molecular weight is 240 g/mol. The van der Waals surface area contributed by atoms with Crippen LogP contribution in [0.1, 0.15) is 60.8 Å². The Balaban J connectivity index is 3.02. The lowest BCUT2D eigenvalue weighted by Gasteiger charge is -2.33. The third kappa shape index (κ3) is 2.49. The van der Waals surface area contributed by atoms with Gasteiger partial charge >= 0.3 is 0 Å². The smallest absolute Gasteiger partial charge is 0.244 e. The minimum absolute atomic E-state index is 0.192. The zero-order valence-electron chi connectivity index (χ0n) is 12.2. The molecule has 1 rings (SSSR count). The number of carbonyl (C=O) groups excluding carboxylic acids is 1. The van der Waals surface area contributed by atoms with Crippen molar-refractivity contribution in [1.82, 2.24) is 10.2 Å². The number of carbonyl (C=O) groups is 1. The van der Waals surface area contributed by atoms with Gasteiger partial charge in [0, 0.05) is 6.04 Å². The summed E-state index contributed by atoms with van der Waals surface area (Å²) in [6.45, 7) is 12.8. The lowest BCUT2D eigenvalue weighted by molar-refractivity contribution is -0.135. The van der Waals surface area contributed by atoms with Gasteiger partial charge in [0.15, 0.2) is 0 Å². The summed E-state index contributed by atoms with van der Waals surface area (Å²) in [6.07, 6.45) is 3.11. The minimum Gasteiger partial charge on any atom is -0.322 e. The van der Waals surface area contributed by atoms with Crippen LogP contribution in [-0.4, -0.2) is 28.6 Å². The van der Waals surface area contributed by atoms with E-state index in [1.54, 1.807) is 0 Å². The van der Waals surface area contributed by atoms with Gasteiger partial charge in [-0.05, 0) is 32.1 Å². The first-order valence-electron chi connectivity index (χ1n) is 7.01. The summed E-state index contributed by atoms with van der Waals surface area (Å²) < 4.78 is 0. The fourth-order valence-electron chi connectivity index (χ4n) is 2.69. The van der Waals surface area contributed by atoms with E-state index in [1.165, 1.54) is 0 Å².